The molecule has 4 nitrogen and oxygen atoms in total. The van der Waals surface area contributed by atoms with Crippen LogP contribution in [0.4, 0.5) is 8.78 Å². The Balaban J connectivity index is 2.10. The molecule has 0 radical (unpaired) electrons. The minimum atomic E-state index is -2.86. The van der Waals surface area contributed by atoms with E-state index in [-0.39, 0.29) is 17.8 Å². The number of hydrogen-bond donors (Lipinski definition) is 0. The molecule has 20 heavy (non-hydrogen) atoms. The third-order valence-electron chi connectivity index (χ3n) is 3.01. The van der Waals surface area contributed by atoms with E-state index in [4.69, 9.17) is 4.74 Å². The fourth-order valence-electron chi connectivity index (χ4n) is 2.07. The Morgan fingerprint density at radius 3 is 3.05 bits per heavy atom. The summed E-state index contributed by atoms with van der Waals surface area (Å²) in [7, 11) is 0. The smallest absolute Gasteiger partial charge is 0.387 e. The highest BCUT2D eigenvalue weighted by Crippen LogP contribution is 2.26. The lowest BCUT2D eigenvalue weighted by Gasteiger charge is -2.32. The van der Waals surface area contributed by atoms with Crippen LogP contribution in [0.5, 0.6) is 5.75 Å². The summed E-state index contributed by atoms with van der Waals surface area (Å²) in [6.07, 6.45) is 0.896. The largest absolute Gasteiger partial charge is 0.435 e. The van der Waals surface area contributed by atoms with Crippen LogP contribution in [-0.4, -0.2) is 37.1 Å². The van der Waals surface area contributed by atoms with Gasteiger partial charge in [-0.25, -0.2) is 0 Å². The van der Waals surface area contributed by atoms with E-state index >= 15 is 0 Å². The molecule has 1 fully saturated rings. The summed E-state index contributed by atoms with van der Waals surface area (Å²) < 4.78 is 34.3. The standard InChI is InChI=1S/C14H15F2NO3/c1-2-13(18)17-6-7-19-12(9-17)10-4-3-5-11(8-10)20-14(15)16/h2-5,8,12,14H,1,6-7,9H2. The van der Waals surface area contributed by atoms with Crippen molar-refractivity contribution in [3.8, 4) is 5.75 Å². The van der Waals surface area contributed by atoms with Gasteiger partial charge in [-0.1, -0.05) is 18.7 Å². The van der Waals surface area contributed by atoms with Crippen molar-refractivity contribution in [2.75, 3.05) is 19.7 Å². The van der Waals surface area contributed by atoms with E-state index in [2.05, 4.69) is 11.3 Å². The molecule has 0 N–H and O–H groups in total. The fourth-order valence-corrected chi connectivity index (χ4v) is 2.07. The van der Waals surface area contributed by atoms with Gasteiger partial charge in [0.15, 0.2) is 0 Å². The Kier molecular flexibility index (Phi) is 4.68. The van der Waals surface area contributed by atoms with Gasteiger partial charge in [-0.3, -0.25) is 4.79 Å². The topological polar surface area (TPSA) is 38.8 Å². The molecular formula is C14H15F2NO3. The van der Waals surface area contributed by atoms with Crippen LogP contribution in [0.1, 0.15) is 11.7 Å². The van der Waals surface area contributed by atoms with Crippen LogP contribution in [-0.2, 0) is 9.53 Å². The van der Waals surface area contributed by atoms with Crippen molar-refractivity contribution in [1.29, 1.82) is 0 Å². The minimum absolute atomic E-state index is 0.0771. The van der Waals surface area contributed by atoms with Gasteiger partial charge in [0.2, 0.25) is 5.91 Å². The second kappa shape index (κ2) is 6.47. The number of benzene rings is 1. The summed E-state index contributed by atoms with van der Waals surface area (Å²) in [5, 5.41) is 0. The first kappa shape index (κ1) is 14.5. The van der Waals surface area contributed by atoms with Crippen molar-refractivity contribution in [3.63, 3.8) is 0 Å². The van der Waals surface area contributed by atoms with Crippen LogP contribution < -0.4 is 4.74 Å². The van der Waals surface area contributed by atoms with Crippen molar-refractivity contribution in [3.05, 3.63) is 42.5 Å². The predicted octanol–water partition coefficient (Wildman–Crippen LogP) is 2.37. The maximum Gasteiger partial charge on any atom is 0.387 e. The van der Waals surface area contributed by atoms with Crippen LogP contribution in [0.25, 0.3) is 0 Å². The zero-order valence-corrected chi connectivity index (χ0v) is 10.8. The lowest BCUT2D eigenvalue weighted by molar-refractivity contribution is -0.133. The lowest BCUT2D eigenvalue weighted by atomic mass is 10.1. The zero-order chi connectivity index (χ0) is 14.5. The van der Waals surface area contributed by atoms with Gasteiger partial charge in [-0.15, -0.1) is 0 Å². The Morgan fingerprint density at radius 1 is 1.55 bits per heavy atom. The molecule has 1 heterocycles. The molecule has 0 aliphatic carbocycles. The van der Waals surface area contributed by atoms with Crippen LogP contribution in [0, 0.1) is 0 Å². The van der Waals surface area contributed by atoms with Crippen LogP contribution in [0.3, 0.4) is 0 Å². The Hall–Kier alpha value is -1.95. The van der Waals surface area contributed by atoms with E-state index in [0.717, 1.165) is 0 Å². The number of rotatable bonds is 4. The normalized spacial score (nSPS) is 18.9. The third-order valence-corrected chi connectivity index (χ3v) is 3.01. The lowest BCUT2D eigenvalue weighted by Crippen LogP contribution is -2.41. The first-order chi connectivity index (χ1) is 9.60. The van der Waals surface area contributed by atoms with Gasteiger partial charge < -0.3 is 14.4 Å². The first-order valence-corrected chi connectivity index (χ1v) is 6.18. The van der Waals surface area contributed by atoms with Gasteiger partial charge in [0.05, 0.1) is 13.2 Å². The van der Waals surface area contributed by atoms with Gasteiger partial charge in [0.1, 0.15) is 11.9 Å². The van der Waals surface area contributed by atoms with Gasteiger partial charge in [0.25, 0.3) is 0 Å². The van der Waals surface area contributed by atoms with E-state index < -0.39 is 6.61 Å². The second-order valence-electron chi connectivity index (χ2n) is 4.30. The molecule has 2 rings (SSSR count). The highest BCUT2D eigenvalue weighted by Gasteiger charge is 2.24. The minimum Gasteiger partial charge on any atom is -0.435 e. The molecule has 1 atom stereocenters. The van der Waals surface area contributed by atoms with E-state index in [9.17, 15) is 13.6 Å². The molecule has 6 heteroatoms. The average Bonchev–Trinajstić information content (AvgIpc) is 2.46. The van der Waals surface area contributed by atoms with Crippen molar-refractivity contribution >= 4 is 5.91 Å². The number of morpholine rings is 1. The highest BCUT2D eigenvalue weighted by molar-refractivity contribution is 5.87. The summed E-state index contributed by atoms with van der Waals surface area (Å²) in [5.74, 6) is -0.0912. The van der Waals surface area contributed by atoms with Gasteiger partial charge in [-0.2, -0.15) is 8.78 Å². The molecule has 0 bridgehead atoms. The number of carbonyl (C=O) groups is 1. The molecule has 1 aliphatic rings. The van der Waals surface area contributed by atoms with Crippen molar-refractivity contribution in [2.24, 2.45) is 0 Å². The quantitative estimate of drug-likeness (QED) is 0.796. The molecule has 1 amide bonds. The number of carbonyl (C=O) groups excluding carboxylic acids is 1. The van der Waals surface area contributed by atoms with Crippen molar-refractivity contribution in [2.45, 2.75) is 12.7 Å². The van der Waals surface area contributed by atoms with Crippen LogP contribution in [0.15, 0.2) is 36.9 Å². The second-order valence-corrected chi connectivity index (χ2v) is 4.30. The molecule has 0 saturated carbocycles. The van der Waals surface area contributed by atoms with E-state index in [1.807, 2.05) is 0 Å². The summed E-state index contributed by atoms with van der Waals surface area (Å²) in [6.45, 7) is 1.83. The Morgan fingerprint density at radius 2 is 2.35 bits per heavy atom. The van der Waals surface area contributed by atoms with E-state index in [0.29, 0.717) is 25.3 Å². The third kappa shape index (κ3) is 3.54. The molecule has 0 spiro atoms. The summed E-state index contributed by atoms with van der Waals surface area (Å²) in [5.41, 5.74) is 0.699. The van der Waals surface area contributed by atoms with E-state index in [1.54, 1.807) is 17.0 Å². The first-order valence-electron chi connectivity index (χ1n) is 6.18. The number of halogens is 2. The number of alkyl halides is 2. The molecule has 108 valence electrons. The highest BCUT2D eigenvalue weighted by atomic mass is 19.3. The molecular weight excluding hydrogens is 268 g/mol. The average molecular weight is 283 g/mol. The maximum absolute atomic E-state index is 12.2. The molecule has 0 aromatic heterocycles. The molecule has 1 aromatic carbocycles. The summed E-state index contributed by atoms with van der Waals surface area (Å²) in [4.78, 5) is 13.2. The van der Waals surface area contributed by atoms with Gasteiger partial charge in [-0.05, 0) is 23.8 Å². The van der Waals surface area contributed by atoms with Crippen LogP contribution >= 0.6 is 0 Å². The SMILES string of the molecule is C=CC(=O)N1CCOC(c2cccc(OC(F)F)c2)C1. The number of nitrogens with zero attached hydrogens (tertiary/aromatic N) is 1. The number of ether oxygens (including phenoxy) is 2. The van der Waals surface area contributed by atoms with Crippen molar-refractivity contribution < 1.29 is 23.0 Å². The molecule has 1 aliphatic heterocycles. The van der Waals surface area contributed by atoms with Crippen LogP contribution in [0.2, 0.25) is 0 Å². The Labute approximate surface area is 115 Å². The van der Waals surface area contributed by atoms with Gasteiger partial charge in [0, 0.05) is 6.54 Å². The number of hydrogen-bond acceptors (Lipinski definition) is 3. The summed E-state index contributed by atoms with van der Waals surface area (Å²) >= 11 is 0. The Bertz CT molecular complexity index is 493. The van der Waals surface area contributed by atoms with Gasteiger partial charge >= 0.3 is 6.61 Å². The van der Waals surface area contributed by atoms with E-state index in [1.165, 1.54) is 18.2 Å². The zero-order valence-electron chi connectivity index (χ0n) is 10.8. The number of amides is 1. The molecule has 1 unspecified atom stereocenters. The fraction of sp³-hybridized carbons (Fsp3) is 0.357. The summed E-state index contributed by atoms with van der Waals surface area (Å²) in [6, 6.07) is 6.32. The maximum atomic E-state index is 12.2. The van der Waals surface area contributed by atoms with Crippen molar-refractivity contribution in [1.82, 2.24) is 4.90 Å². The monoisotopic (exact) mass is 283 g/mol. The molecule has 1 saturated heterocycles. The predicted molar refractivity (Wildman–Crippen MR) is 68.5 cm³/mol. The molecule has 1 aromatic rings.